The quantitative estimate of drug-likeness (QED) is 0.364. The summed E-state index contributed by atoms with van der Waals surface area (Å²) in [6.07, 6.45) is 3.72. The number of carbonyl (C=O) groups is 1. The Kier molecular flexibility index (Phi) is 7.70. The summed E-state index contributed by atoms with van der Waals surface area (Å²) in [6.45, 7) is 2.03. The van der Waals surface area contributed by atoms with Crippen LogP contribution in [-0.2, 0) is 32.5 Å². The Balaban J connectivity index is 1.56. The summed E-state index contributed by atoms with van der Waals surface area (Å²) in [7, 11) is -2.40. The molecule has 0 radical (unpaired) electrons. The largest absolute Gasteiger partial charge is 0.465 e. The molecule has 4 rings (SSSR count). The Bertz CT molecular complexity index is 1330. The van der Waals surface area contributed by atoms with E-state index < -0.39 is 16.1 Å². The van der Waals surface area contributed by atoms with Gasteiger partial charge in [-0.3, -0.25) is 9.48 Å². The number of fused-ring (bicyclic) bond motifs is 1. The van der Waals surface area contributed by atoms with E-state index in [-0.39, 0.29) is 29.0 Å². The predicted molar refractivity (Wildman–Crippen MR) is 132 cm³/mol. The van der Waals surface area contributed by atoms with Gasteiger partial charge in [0, 0.05) is 29.4 Å². The van der Waals surface area contributed by atoms with Crippen molar-refractivity contribution in [1.82, 2.24) is 14.1 Å². The van der Waals surface area contributed by atoms with Crippen molar-refractivity contribution in [3.05, 3.63) is 70.0 Å². The maximum absolute atomic E-state index is 13.5. The van der Waals surface area contributed by atoms with Crippen molar-refractivity contribution < 1.29 is 22.7 Å². The molecule has 0 N–H and O–H groups in total. The van der Waals surface area contributed by atoms with Gasteiger partial charge in [-0.15, -0.1) is 0 Å². The first-order chi connectivity index (χ1) is 16.7. The molecule has 186 valence electrons. The number of carbonyl (C=O) groups excluding carboxylic acids is 1. The number of benzene rings is 2. The highest BCUT2D eigenvalue weighted by atomic mass is 35.5. The number of nitrogens with zero attached hydrogens (tertiary/aromatic N) is 3. The lowest BCUT2D eigenvalue weighted by atomic mass is 9.93. The van der Waals surface area contributed by atoms with Gasteiger partial charge in [-0.25, -0.2) is 8.42 Å². The number of sulfonamides is 1. The van der Waals surface area contributed by atoms with Crippen LogP contribution in [0.4, 0.5) is 0 Å². The highest BCUT2D eigenvalue weighted by molar-refractivity contribution is 7.89. The monoisotopic (exact) mass is 537 g/mol. The summed E-state index contributed by atoms with van der Waals surface area (Å²) in [5, 5.41) is 4.96. The molecular formula is C24H25Cl2N3O5S. The minimum atomic E-state index is -3.93. The van der Waals surface area contributed by atoms with Gasteiger partial charge in [-0.1, -0.05) is 23.2 Å². The maximum atomic E-state index is 13.5. The predicted octanol–water partition coefficient (Wildman–Crippen LogP) is 5.24. The molecule has 0 bridgehead atoms. The summed E-state index contributed by atoms with van der Waals surface area (Å²) in [5.41, 5.74) is 1.62. The zero-order valence-corrected chi connectivity index (χ0v) is 21.6. The minimum Gasteiger partial charge on any atom is -0.465 e. The standard InChI is InChI=1S/C24H25Cl2N3O5S/c1-3-33-24(30)15-29-22-6-4-5-21(19(22)14-27-29)28(2)35(31,32)23-12-11-18(13-20(23)26)34-17-9-7-16(25)8-10-17/h7-14,21H,3-6,15H2,1-2H3/t21-/m1/s1. The first-order valence-corrected chi connectivity index (χ1v) is 13.3. The van der Waals surface area contributed by atoms with Crippen LogP contribution in [0, 0.1) is 0 Å². The van der Waals surface area contributed by atoms with E-state index >= 15 is 0 Å². The summed E-state index contributed by atoms with van der Waals surface area (Å²) in [4.78, 5) is 11.9. The van der Waals surface area contributed by atoms with Gasteiger partial charge in [-0.2, -0.15) is 9.40 Å². The number of aromatic nitrogens is 2. The molecule has 1 aliphatic carbocycles. The Morgan fingerprint density at radius 2 is 1.89 bits per heavy atom. The second kappa shape index (κ2) is 10.6. The first kappa shape index (κ1) is 25.5. The summed E-state index contributed by atoms with van der Waals surface area (Å²) in [6, 6.07) is 10.8. The molecule has 0 spiro atoms. The smallest absolute Gasteiger partial charge is 0.327 e. The first-order valence-electron chi connectivity index (χ1n) is 11.1. The summed E-state index contributed by atoms with van der Waals surface area (Å²) >= 11 is 12.3. The third kappa shape index (κ3) is 5.48. The average Bonchev–Trinajstić information content (AvgIpc) is 3.23. The fourth-order valence-electron chi connectivity index (χ4n) is 4.15. The van der Waals surface area contributed by atoms with E-state index in [2.05, 4.69) is 5.10 Å². The van der Waals surface area contributed by atoms with Gasteiger partial charge in [0.2, 0.25) is 10.0 Å². The lowest BCUT2D eigenvalue weighted by Gasteiger charge is -2.31. The number of hydrogen-bond donors (Lipinski definition) is 0. The van der Waals surface area contributed by atoms with Crippen LogP contribution >= 0.6 is 23.2 Å². The molecular weight excluding hydrogens is 513 g/mol. The summed E-state index contributed by atoms with van der Waals surface area (Å²) < 4.78 is 40.7. The third-order valence-corrected chi connectivity index (χ3v) is 8.47. The van der Waals surface area contributed by atoms with E-state index in [1.54, 1.807) is 48.1 Å². The topological polar surface area (TPSA) is 90.7 Å². The molecule has 1 aliphatic rings. The van der Waals surface area contributed by atoms with E-state index in [9.17, 15) is 13.2 Å². The van der Waals surface area contributed by atoms with E-state index in [4.69, 9.17) is 32.7 Å². The van der Waals surface area contributed by atoms with Crippen molar-refractivity contribution in [2.24, 2.45) is 0 Å². The van der Waals surface area contributed by atoms with Gasteiger partial charge in [0.1, 0.15) is 22.9 Å². The highest BCUT2D eigenvalue weighted by Gasteiger charge is 2.35. The fourth-order valence-corrected chi connectivity index (χ4v) is 6.15. The zero-order chi connectivity index (χ0) is 25.2. The minimum absolute atomic E-state index is 0.00668. The van der Waals surface area contributed by atoms with Gasteiger partial charge in [0.25, 0.3) is 0 Å². The molecule has 1 atom stereocenters. The van der Waals surface area contributed by atoms with Crippen LogP contribution in [0.25, 0.3) is 0 Å². The van der Waals surface area contributed by atoms with Gasteiger partial charge in [-0.05, 0) is 62.6 Å². The second-order valence-corrected chi connectivity index (χ2v) is 10.9. The SMILES string of the molecule is CCOC(=O)Cn1ncc2c1CCC[C@H]2N(C)S(=O)(=O)c1ccc(Oc2ccc(Cl)cc2)cc1Cl. The zero-order valence-electron chi connectivity index (χ0n) is 19.3. The summed E-state index contributed by atoms with van der Waals surface area (Å²) in [5.74, 6) is 0.570. The Hall–Kier alpha value is -2.59. The number of hydrogen-bond acceptors (Lipinski definition) is 6. The molecule has 3 aromatic rings. The average molecular weight is 538 g/mol. The molecule has 0 saturated heterocycles. The van der Waals surface area contributed by atoms with Crippen LogP contribution in [0.1, 0.15) is 37.1 Å². The second-order valence-electron chi connectivity index (χ2n) is 8.09. The number of rotatable bonds is 8. The molecule has 0 fully saturated rings. The van der Waals surface area contributed by atoms with Gasteiger partial charge in [0.15, 0.2) is 0 Å². The molecule has 35 heavy (non-hydrogen) atoms. The number of halogens is 2. The van der Waals surface area contributed by atoms with Crippen molar-refractivity contribution in [3.63, 3.8) is 0 Å². The molecule has 1 aromatic heterocycles. The third-order valence-electron chi connectivity index (χ3n) is 5.86. The van der Waals surface area contributed by atoms with Crippen LogP contribution in [0.3, 0.4) is 0 Å². The van der Waals surface area contributed by atoms with Gasteiger partial charge < -0.3 is 9.47 Å². The molecule has 0 unspecified atom stereocenters. The van der Waals surface area contributed by atoms with E-state index in [0.29, 0.717) is 29.4 Å². The molecule has 0 amide bonds. The van der Waals surface area contributed by atoms with Crippen LogP contribution in [0.2, 0.25) is 10.0 Å². The van der Waals surface area contributed by atoms with Crippen molar-refractivity contribution in [3.8, 4) is 11.5 Å². The Labute approximate surface area is 214 Å². The van der Waals surface area contributed by atoms with E-state index in [1.165, 1.54) is 23.5 Å². The normalized spacial score (nSPS) is 15.6. The molecule has 2 aromatic carbocycles. The molecule has 11 heteroatoms. The number of ether oxygens (including phenoxy) is 2. The highest BCUT2D eigenvalue weighted by Crippen LogP contribution is 2.38. The van der Waals surface area contributed by atoms with Crippen LogP contribution in [0.15, 0.2) is 53.6 Å². The molecule has 8 nitrogen and oxygen atoms in total. The van der Waals surface area contributed by atoms with Gasteiger partial charge in [0.05, 0.1) is 23.9 Å². The van der Waals surface area contributed by atoms with Crippen molar-refractivity contribution in [2.75, 3.05) is 13.7 Å². The van der Waals surface area contributed by atoms with Crippen molar-refractivity contribution >= 4 is 39.2 Å². The van der Waals surface area contributed by atoms with Crippen molar-refractivity contribution in [2.45, 2.75) is 43.7 Å². The van der Waals surface area contributed by atoms with Crippen LogP contribution in [-0.4, -0.2) is 42.1 Å². The Morgan fingerprint density at radius 3 is 2.57 bits per heavy atom. The molecule has 0 saturated carbocycles. The van der Waals surface area contributed by atoms with Crippen LogP contribution < -0.4 is 4.74 Å². The fraction of sp³-hybridized carbons (Fsp3) is 0.333. The maximum Gasteiger partial charge on any atom is 0.327 e. The Morgan fingerprint density at radius 1 is 1.17 bits per heavy atom. The lowest BCUT2D eigenvalue weighted by Crippen LogP contribution is -2.33. The lowest BCUT2D eigenvalue weighted by molar-refractivity contribution is -0.144. The van der Waals surface area contributed by atoms with Gasteiger partial charge >= 0.3 is 5.97 Å². The molecule has 0 aliphatic heterocycles. The van der Waals surface area contributed by atoms with Crippen LogP contribution in [0.5, 0.6) is 11.5 Å². The van der Waals surface area contributed by atoms with E-state index in [0.717, 1.165) is 17.7 Å². The van der Waals surface area contributed by atoms with E-state index in [1.807, 2.05) is 0 Å². The molecule has 1 heterocycles. The van der Waals surface area contributed by atoms with Crippen molar-refractivity contribution in [1.29, 1.82) is 0 Å². The number of esters is 1.